The van der Waals surface area contributed by atoms with Gasteiger partial charge >= 0.3 is 0 Å². The number of hydrogen-bond donors (Lipinski definition) is 0. The number of fused-ring (bicyclic) bond motifs is 3. The van der Waals surface area contributed by atoms with Crippen LogP contribution in [0.5, 0.6) is 0 Å². The van der Waals surface area contributed by atoms with E-state index in [0.29, 0.717) is 6.04 Å². The van der Waals surface area contributed by atoms with Crippen molar-refractivity contribution in [2.45, 2.75) is 83.6 Å². The molecule has 136 valence electrons. The zero-order valence-electron chi connectivity index (χ0n) is 15.6. The van der Waals surface area contributed by atoms with E-state index in [9.17, 15) is 0 Å². The number of nitrogens with one attached hydrogen (secondary N) is 1. The molecule has 1 aromatic rings. The van der Waals surface area contributed by atoms with Gasteiger partial charge in [-0.25, -0.2) is 4.98 Å². The Hall–Kier alpha value is -0.160. The van der Waals surface area contributed by atoms with Crippen LogP contribution in [0, 0.1) is 5.92 Å². The van der Waals surface area contributed by atoms with E-state index in [0.717, 1.165) is 5.92 Å². The number of H-pyrrole nitrogens is 1. The fourth-order valence-corrected chi connectivity index (χ4v) is 4.80. The summed E-state index contributed by atoms with van der Waals surface area (Å²) in [6, 6.07) is 3.06. The third-order valence-electron chi connectivity index (χ3n) is 6.12. The summed E-state index contributed by atoms with van der Waals surface area (Å²) in [7, 11) is 2.31. The van der Waals surface area contributed by atoms with Crippen LogP contribution in [0.15, 0.2) is 12.3 Å². The van der Waals surface area contributed by atoms with E-state index in [1.165, 1.54) is 82.9 Å². The molecule has 2 nitrogen and oxygen atoms in total. The minimum Gasteiger partial charge on any atom is -1.00 e. The predicted octanol–water partition coefficient (Wildman–Crippen LogP) is 1.74. The normalized spacial score (nSPS) is 22.8. The summed E-state index contributed by atoms with van der Waals surface area (Å²) in [6.45, 7) is 3.57. The van der Waals surface area contributed by atoms with E-state index in [2.05, 4.69) is 36.1 Å². The number of aromatic nitrogens is 1. The molecule has 3 heteroatoms. The first-order valence-corrected chi connectivity index (χ1v) is 10.0. The Kier molecular flexibility index (Phi) is 8.48. The molecule has 0 aromatic carbocycles. The average molecular weight is 442 g/mol. The summed E-state index contributed by atoms with van der Waals surface area (Å²) in [5.74, 6) is 0.904. The van der Waals surface area contributed by atoms with Crippen molar-refractivity contribution in [3.8, 4) is 0 Å². The van der Waals surface area contributed by atoms with Crippen LogP contribution in [0.3, 0.4) is 0 Å². The van der Waals surface area contributed by atoms with Gasteiger partial charge in [0, 0.05) is 24.1 Å². The summed E-state index contributed by atoms with van der Waals surface area (Å²) in [5.41, 5.74) is 4.83. The molecule has 1 saturated heterocycles. The molecule has 24 heavy (non-hydrogen) atoms. The molecule has 1 aliphatic heterocycles. The Morgan fingerprint density at radius 2 is 1.83 bits per heavy atom. The maximum absolute atomic E-state index is 3.58. The molecule has 1 aliphatic carbocycles. The second kappa shape index (κ2) is 10.1. The lowest BCUT2D eigenvalue weighted by molar-refractivity contribution is -0.391. The molecule has 0 unspecified atom stereocenters. The highest BCUT2D eigenvalue weighted by atomic mass is 127. The molecule has 1 fully saturated rings. The lowest BCUT2D eigenvalue weighted by Gasteiger charge is -2.31. The number of halogens is 1. The van der Waals surface area contributed by atoms with E-state index in [1.54, 1.807) is 11.1 Å². The van der Waals surface area contributed by atoms with E-state index >= 15 is 0 Å². The molecule has 3 rings (SSSR count). The lowest BCUT2D eigenvalue weighted by atomic mass is 9.79. The van der Waals surface area contributed by atoms with Gasteiger partial charge in [0.25, 0.3) is 0 Å². The summed E-state index contributed by atoms with van der Waals surface area (Å²) in [6.07, 6.45) is 17.3. The van der Waals surface area contributed by atoms with Crippen molar-refractivity contribution in [1.82, 2.24) is 4.90 Å². The Morgan fingerprint density at radius 1 is 1.08 bits per heavy atom. The van der Waals surface area contributed by atoms with Gasteiger partial charge < -0.3 is 24.0 Å². The molecule has 0 radical (unpaired) electrons. The Labute approximate surface area is 165 Å². The number of aromatic amines is 1. The number of pyridine rings is 1. The molecule has 1 aromatic heterocycles. The van der Waals surface area contributed by atoms with Gasteiger partial charge in [0.15, 0.2) is 11.9 Å². The minimum absolute atomic E-state index is 0. The molecule has 0 bridgehead atoms. The van der Waals surface area contributed by atoms with Crippen molar-refractivity contribution in [3.63, 3.8) is 0 Å². The largest absolute Gasteiger partial charge is 1.00 e. The second-order valence-corrected chi connectivity index (χ2v) is 7.77. The highest BCUT2D eigenvalue weighted by Crippen LogP contribution is 2.44. The van der Waals surface area contributed by atoms with Crippen LogP contribution in [0.2, 0.25) is 0 Å². The number of rotatable bonds is 8. The third kappa shape index (κ3) is 4.72. The quantitative estimate of drug-likeness (QED) is 0.443. The number of nitrogens with zero attached hydrogens (tertiary/aromatic N) is 1. The van der Waals surface area contributed by atoms with E-state index in [4.69, 9.17) is 0 Å². The second-order valence-electron chi connectivity index (χ2n) is 7.77. The first-order chi connectivity index (χ1) is 11.3. The van der Waals surface area contributed by atoms with Crippen LogP contribution in [-0.2, 0) is 12.8 Å². The number of unbranched alkanes of at least 4 members (excludes halogenated alkanes) is 6. The van der Waals surface area contributed by atoms with Gasteiger partial charge in [-0.05, 0) is 50.8 Å². The molecule has 0 spiro atoms. The average Bonchev–Trinajstić information content (AvgIpc) is 2.96. The van der Waals surface area contributed by atoms with E-state index < -0.39 is 0 Å². The Bertz CT molecular complexity index is 503. The van der Waals surface area contributed by atoms with Crippen molar-refractivity contribution in [1.29, 1.82) is 0 Å². The molecule has 2 aliphatic rings. The van der Waals surface area contributed by atoms with Crippen molar-refractivity contribution < 1.29 is 29.0 Å². The van der Waals surface area contributed by atoms with Crippen LogP contribution in [0.4, 0.5) is 0 Å². The van der Waals surface area contributed by atoms with Gasteiger partial charge in [-0.15, -0.1) is 0 Å². The Morgan fingerprint density at radius 3 is 2.62 bits per heavy atom. The van der Waals surface area contributed by atoms with Gasteiger partial charge in [0.1, 0.15) is 0 Å². The number of likely N-dealkylation sites (tertiary alicyclic amines) is 1. The predicted molar refractivity (Wildman–Crippen MR) is 96.5 cm³/mol. The van der Waals surface area contributed by atoms with Gasteiger partial charge in [0.05, 0.1) is 0 Å². The topological polar surface area (TPSA) is 17.4 Å². The summed E-state index contributed by atoms with van der Waals surface area (Å²) in [5, 5.41) is 0. The van der Waals surface area contributed by atoms with Crippen LogP contribution in [0.1, 0.15) is 87.6 Å². The van der Waals surface area contributed by atoms with Crippen molar-refractivity contribution in [2.24, 2.45) is 5.92 Å². The molecule has 0 saturated carbocycles. The molecular formula is C21H35IN2. The van der Waals surface area contributed by atoms with E-state index in [-0.39, 0.29) is 24.0 Å². The molecule has 0 amide bonds. The first-order valence-electron chi connectivity index (χ1n) is 10.0. The van der Waals surface area contributed by atoms with Crippen LogP contribution in [0.25, 0.3) is 0 Å². The maximum atomic E-state index is 3.58. The highest BCUT2D eigenvalue weighted by Gasteiger charge is 2.38. The van der Waals surface area contributed by atoms with Gasteiger partial charge in [0.2, 0.25) is 0 Å². The van der Waals surface area contributed by atoms with Crippen LogP contribution < -0.4 is 29.0 Å². The molecule has 1 N–H and O–H groups in total. The standard InChI is InChI=1S/C21H34N2.HI/c1-3-4-5-6-7-8-9-10-20-18-12-11-17-14-16-23(2)21(17)19(18)13-15-22-20;/h13,15,17,21H,3-12,14,16H2,1-2H3;1H/t17-,21+;/m0./s1. The van der Waals surface area contributed by atoms with Crippen molar-refractivity contribution in [3.05, 3.63) is 29.1 Å². The zero-order valence-corrected chi connectivity index (χ0v) is 17.8. The smallest absolute Gasteiger partial charge is 0.183 e. The lowest BCUT2D eigenvalue weighted by Crippen LogP contribution is -3.00. The SMILES string of the molecule is CCCCCCCCCc1[nH+]ccc2c1CC[C@H]1CCN(C)[C@@H]21.[I-]. The molecular weight excluding hydrogens is 407 g/mol. The Balaban J connectivity index is 0.00000208. The zero-order chi connectivity index (χ0) is 16.1. The van der Waals surface area contributed by atoms with Crippen molar-refractivity contribution in [2.75, 3.05) is 13.6 Å². The maximum Gasteiger partial charge on any atom is 0.183 e. The monoisotopic (exact) mass is 442 g/mol. The van der Waals surface area contributed by atoms with Crippen LogP contribution in [-0.4, -0.2) is 18.5 Å². The molecule has 2 atom stereocenters. The summed E-state index contributed by atoms with van der Waals surface area (Å²) in [4.78, 5) is 6.17. The van der Waals surface area contributed by atoms with Crippen LogP contribution >= 0.6 is 0 Å². The van der Waals surface area contributed by atoms with Gasteiger partial charge in [-0.2, -0.15) is 0 Å². The minimum atomic E-state index is 0. The highest BCUT2D eigenvalue weighted by molar-refractivity contribution is 5.34. The number of hydrogen-bond acceptors (Lipinski definition) is 1. The summed E-state index contributed by atoms with van der Waals surface area (Å²) >= 11 is 0. The molecule has 2 heterocycles. The van der Waals surface area contributed by atoms with Crippen molar-refractivity contribution >= 4 is 0 Å². The fraction of sp³-hybridized carbons (Fsp3) is 0.762. The number of aryl methyl sites for hydroxylation is 1. The first kappa shape index (κ1) is 20.2. The van der Waals surface area contributed by atoms with Gasteiger partial charge in [-0.3, -0.25) is 4.90 Å². The fourth-order valence-electron chi connectivity index (χ4n) is 4.80. The van der Waals surface area contributed by atoms with E-state index in [1.807, 2.05) is 0 Å². The summed E-state index contributed by atoms with van der Waals surface area (Å²) < 4.78 is 0. The van der Waals surface area contributed by atoms with Gasteiger partial charge in [-0.1, -0.05) is 45.4 Å². The third-order valence-corrected chi connectivity index (χ3v) is 6.12.